The van der Waals surface area contributed by atoms with E-state index in [9.17, 15) is 4.39 Å². The Labute approximate surface area is 78.7 Å². The third-order valence-corrected chi connectivity index (χ3v) is 3.30. The van der Waals surface area contributed by atoms with E-state index >= 15 is 0 Å². The number of rotatable bonds is 3. The summed E-state index contributed by atoms with van der Waals surface area (Å²) >= 11 is 0. The molecule has 13 heavy (non-hydrogen) atoms. The monoisotopic (exact) mass is 187 g/mol. The Morgan fingerprint density at radius 1 is 1.46 bits per heavy atom. The van der Waals surface area contributed by atoms with Gasteiger partial charge in [-0.3, -0.25) is 4.90 Å². The minimum absolute atomic E-state index is 0.150. The van der Waals surface area contributed by atoms with Crippen LogP contribution in [-0.2, 0) is 0 Å². The number of halogens is 1. The van der Waals surface area contributed by atoms with Gasteiger partial charge in [-0.15, -0.1) is 0 Å². The number of alkyl halides is 1. The van der Waals surface area contributed by atoms with E-state index in [1.165, 1.54) is 0 Å². The van der Waals surface area contributed by atoms with E-state index in [2.05, 4.69) is 4.90 Å². The zero-order valence-corrected chi connectivity index (χ0v) is 8.01. The Kier molecular flexibility index (Phi) is 2.56. The first-order chi connectivity index (χ1) is 6.24. The predicted molar refractivity (Wildman–Crippen MR) is 49.3 cm³/mol. The smallest absolute Gasteiger partial charge is 0.113 e. The number of aliphatic hydroxyl groups excluding tert-OH is 1. The third-order valence-electron chi connectivity index (χ3n) is 3.30. The standard InChI is InChI=1S/C10H18FNO/c11-9-2-1-5-12(6-9)7-10(8-13)3-4-10/h9,13H,1-8H2/t9-/m0/s1. The maximum atomic E-state index is 13.0. The third kappa shape index (κ3) is 2.20. The average molecular weight is 187 g/mol. The highest BCUT2D eigenvalue weighted by Gasteiger charge is 2.43. The lowest BCUT2D eigenvalue weighted by Crippen LogP contribution is -2.40. The topological polar surface area (TPSA) is 23.5 Å². The second-order valence-corrected chi connectivity index (χ2v) is 4.63. The normalized spacial score (nSPS) is 33.2. The number of likely N-dealkylation sites (tertiary alicyclic amines) is 1. The molecule has 1 heterocycles. The predicted octanol–water partition coefficient (Wildman–Crippen LogP) is 1.19. The molecule has 0 aromatic rings. The molecule has 0 aromatic carbocycles. The van der Waals surface area contributed by atoms with E-state index in [4.69, 9.17) is 5.11 Å². The van der Waals surface area contributed by atoms with Gasteiger partial charge in [0.05, 0.1) is 0 Å². The SMILES string of the molecule is OCC1(CN2CCC[C@H](F)C2)CC1. The van der Waals surface area contributed by atoms with Crippen molar-refractivity contribution in [3.63, 3.8) is 0 Å². The summed E-state index contributed by atoms with van der Waals surface area (Å²) in [6, 6.07) is 0. The van der Waals surface area contributed by atoms with Crippen molar-refractivity contribution < 1.29 is 9.50 Å². The molecule has 76 valence electrons. The summed E-state index contributed by atoms with van der Waals surface area (Å²) in [6.07, 6.45) is 3.31. The van der Waals surface area contributed by atoms with Gasteiger partial charge in [-0.05, 0) is 32.2 Å². The van der Waals surface area contributed by atoms with E-state index in [1.807, 2.05) is 0 Å². The summed E-state index contributed by atoms with van der Waals surface area (Å²) in [5.74, 6) is 0. The van der Waals surface area contributed by atoms with Crippen LogP contribution in [-0.4, -0.2) is 42.4 Å². The fraction of sp³-hybridized carbons (Fsp3) is 1.00. The Morgan fingerprint density at radius 3 is 2.77 bits per heavy atom. The van der Waals surface area contributed by atoms with Gasteiger partial charge in [-0.1, -0.05) is 0 Å². The van der Waals surface area contributed by atoms with Crippen LogP contribution >= 0.6 is 0 Å². The molecule has 1 atom stereocenters. The van der Waals surface area contributed by atoms with Crippen LogP contribution in [0, 0.1) is 5.41 Å². The Morgan fingerprint density at radius 2 is 2.23 bits per heavy atom. The zero-order chi connectivity index (χ0) is 9.31. The maximum Gasteiger partial charge on any atom is 0.113 e. The average Bonchev–Trinajstić information content (AvgIpc) is 2.86. The molecule has 3 heteroatoms. The first-order valence-corrected chi connectivity index (χ1v) is 5.21. The summed E-state index contributed by atoms with van der Waals surface area (Å²) in [5, 5.41) is 9.13. The van der Waals surface area contributed by atoms with Crippen LogP contribution in [0.3, 0.4) is 0 Å². The van der Waals surface area contributed by atoms with E-state index < -0.39 is 6.17 Å². The highest BCUT2D eigenvalue weighted by Crippen LogP contribution is 2.45. The summed E-state index contributed by atoms with van der Waals surface area (Å²) in [6.45, 7) is 2.79. The number of hydrogen-bond acceptors (Lipinski definition) is 2. The first kappa shape index (κ1) is 9.41. The summed E-state index contributed by atoms with van der Waals surface area (Å²) < 4.78 is 13.0. The molecule has 0 spiro atoms. The highest BCUT2D eigenvalue weighted by molar-refractivity contribution is 4.95. The Balaban J connectivity index is 1.80. The van der Waals surface area contributed by atoms with E-state index in [1.54, 1.807) is 0 Å². The van der Waals surface area contributed by atoms with Crippen molar-refractivity contribution in [2.24, 2.45) is 5.41 Å². The van der Waals surface area contributed by atoms with Crippen molar-refractivity contribution in [3.8, 4) is 0 Å². The molecule has 2 aliphatic rings. The Hall–Kier alpha value is -0.150. The van der Waals surface area contributed by atoms with Crippen LogP contribution in [0.5, 0.6) is 0 Å². The molecule has 1 N–H and O–H groups in total. The fourth-order valence-corrected chi connectivity index (χ4v) is 2.16. The van der Waals surface area contributed by atoms with Crippen LogP contribution in [0.25, 0.3) is 0 Å². The summed E-state index contributed by atoms with van der Waals surface area (Å²) in [5.41, 5.74) is 0.150. The van der Waals surface area contributed by atoms with Gasteiger partial charge >= 0.3 is 0 Å². The molecule has 2 nitrogen and oxygen atoms in total. The van der Waals surface area contributed by atoms with Gasteiger partial charge < -0.3 is 5.11 Å². The van der Waals surface area contributed by atoms with E-state index in [0.29, 0.717) is 6.54 Å². The lowest BCUT2D eigenvalue weighted by Gasteiger charge is -2.31. The van der Waals surface area contributed by atoms with Gasteiger partial charge in [0.25, 0.3) is 0 Å². The molecule has 0 unspecified atom stereocenters. The van der Waals surface area contributed by atoms with Gasteiger partial charge in [-0.2, -0.15) is 0 Å². The van der Waals surface area contributed by atoms with Crippen molar-refractivity contribution in [3.05, 3.63) is 0 Å². The maximum absolute atomic E-state index is 13.0. The minimum atomic E-state index is -0.636. The molecule has 1 aliphatic heterocycles. The van der Waals surface area contributed by atoms with Crippen LogP contribution in [0.4, 0.5) is 4.39 Å². The zero-order valence-electron chi connectivity index (χ0n) is 8.01. The largest absolute Gasteiger partial charge is 0.396 e. The second kappa shape index (κ2) is 3.54. The minimum Gasteiger partial charge on any atom is -0.396 e. The van der Waals surface area contributed by atoms with Crippen LogP contribution < -0.4 is 0 Å². The lowest BCUT2D eigenvalue weighted by atomic mass is 10.0. The molecular formula is C10H18FNO. The quantitative estimate of drug-likeness (QED) is 0.717. The van der Waals surface area contributed by atoms with E-state index in [-0.39, 0.29) is 12.0 Å². The highest BCUT2D eigenvalue weighted by atomic mass is 19.1. The molecule has 0 aromatic heterocycles. The number of piperidine rings is 1. The summed E-state index contributed by atoms with van der Waals surface area (Å²) in [4.78, 5) is 2.18. The van der Waals surface area contributed by atoms with Crippen molar-refractivity contribution in [1.29, 1.82) is 0 Å². The van der Waals surface area contributed by atoms with Crippen molar-refractivity contribution in [2.75, 3.05) is 26.2 Å². The summed E-state index contributed by atoms with van der Waals surface area (Å²) in [7, 11) is 0. The number of hydrogen-bond donors (Lipinski definition) is 1. The van der Waals surface area contributed by atoms with Gasteiger partial charge in [0.2, 0.25) is 0 Å². The van der Waals surface area contributed by atoms with E-state index in [0.717, 1.165) is 38.8 Å². The molecule has 1 saturated heterocycles. The van der Waals surface area contributed by atoms with Gasteiger partial charge in [-0.25, -0.2) is 4.39 Å². The molecular weight excluding hydrogens is 169 g/mol. The molecule has 1 saturated carbocycles. The molecule has 2 fully saturated rings. The van der Waals surface area contributed by atoms with Gasteiger partial charge in [0, 0.05) is 25.1 Å². The number of aliphatic hydroxyl groups is 1. The Bertz CT molecular complexity index is 182. The van der Waals surface area contributed by atoms with Gasteiger partial charge in [0.15, 0.2) is 0 Å². The number of nitrogens with zero attached hydrogens (tertiary/aromatic N) is 1. The van der Waals surface area contributed by atoms with Gasteiger partial charge in [0.1, 0.15) is 6.17 Å². The second-order valence-electron chi connectivity index (χ2n) is 4.63. The fourth-order valence-electron chi connectivity index (χ4n) is 2.16. The molecule has 0 radical (unpaired) electrons. The molecule has 1 aliphatic carbocycles. The van der Waals surface area contributed by atoms with Crippen LogP contribution in [0.1, 0.15) is 25.7 Å². The molecule has 0 bridgehead atoms. The molecule has 2 rings (SSSR count). The van der Waals surface area contributed by atoms with Crippen molar-refractivity contribution in [1.82, 2.24) is 4.90 Å². The van der Waals surface area contributed by atoms with Crippen molar-refractivity contribution in [2.45, 2.75) is 31.9 Å². The van der Waals surface area contributed by atoms with Crippen LogP contribution in [0.2, 0.25) is 0 Å². The lowest BCUT2D eigenvalue weighted by molar-refractivity contribution is 0.0944. The molecule has 0 amide bonds. The van der Waals surface area contributed by atoms with Crippen molar-refractivity contribution >= 4 is 0 Å². The van der Waals surface area contributed by atoms with Crippen LogP contribution in [0.15, 0.2) is 0 Å². The first-order valence-electron chi connectivity index (χ1n) is 5.21.